The summed E-state index contributed by atoms with van der Waals surface area (Å²) in [5.74, 6) is -1.15. The molecule has 1 fully saturated rings. The molecular weight excluding hydrogens is 343 g/mol. The number of carbonyl (C=O) groups excluding carboxylic acids is 1. The summed E-state index contributed by atoms with van der Waals surface area (Å²) in [6.45, 7) is 1.99. The normalized spacial score (nSPS) is 20.4. The Bertz CT molecular complexity index is 653. The third-order valence-electron chi connectivity index (χ3n) is 3.92. The number of pyridine rings is 1. The fourth-order valence-corrected chi connectivity index (χ4v) is 2.39. The lowest BCUT2D eigenvalue weighted by atomic mass is 9.90. The number of nitrogens with zero attached hydrogens (tertiary/aromatic N) is 2. The van der Waals surface area contributed by atoms with Crippen molar-refractivity contribution in [2.45, 2.75) is 19.5 Å². The summed E-state index contributed by atoms with van der Waals surface area (Å²) in [6, 6.07) is 2.86. The molecule has 1 saturated heterocycles. The Morgan fingerprint density at radius 1 is 1.44 bits per heavy atom. The Morgan fingerprint density at radius 2 is 2.16 bits per heavy atom. The van der Waals surface area contributed by atoms with Crippen LogP contribution in [0.25, 0.3) is 0 Å². The first-order valence-corrected chi connectivity index (χ1v) is 7.55. The van der Waals surface area contributed by atoms with Gasteiger partial charge in [-0.3, -0.25) is 4.79 Å². The van der Waals surface area contributed by atoms with Crippen molar-refractivity contribution in [3.8, 4) is 5.88 Å². The van der Waals surface area contributed by atoms with E-state index in [1.54, 1.807) is 6.92 Å². The van der Waals surface area contributed by atoms with Crippen molar-refractivity contribution in [2.24, 2.45) is 5.41 Å². The predicted molar refractivity (Wildman–Crippen MR) is 80.1 cm³/mol. The zero-order chi connectivity index (χ0) is 18.7. The van der Waals surface area contributed by atoms with Gasteiger partial charge in [0.15, 0.2) is 0 Å². The lowest BCUT2D eigenvalue weighted by Crippen LogP contribution is -2.42. The van der Waals surface area contributed by atoms with Gasteiger partial charge in [0, 0.05) is 19.2 Å². The van der Waals surface area contributed by atoms with Crippen molar-refractivity contribution in [2.75, 3.05) is 26.2 Å². The van der Waals surface area contributed by atoms with Crippen LogP contribution >= 0.6 is 0 Å². The van der Waals surface area contributed by atoms with Gasteiger partial charge in [0.2, 0.25) is 5.88 Å². The van der Waals surface area contributed by atoms with Crippen molar-refractivity contribution >= 4 is 12.0 Å². The van der Waals surface area contributed by atoms with Gasteiger partial charge in [-0.2, -0.15) is 13.2 Å². The maximum Gasteiger partial charge on any atom is 0.433 e. The number of hydrogen-bond donors (Lipinski definition) is 2. The lowest BCUT2D eigenvalue weighted by molar-refractivity contribution is -0.147. The molecule has 1 atom stereocenters. The van der Waals surface area contributed by atoms with Crippen LogP contribution in [0.2, 0.25) is 0 Å². The Labute approximate surface area is 141 Å². The van der Waals surface area contributed by atoms with E-state index in [0.29, 0.717) is 13.0 Å². The SMILES string of the molecule is CC1(C(=O)O)CCN(C(=O)NCCOc2cccc(C(F)(F)F)n2)C1. The molecule has 0 aromatic carbocycles. The van der Waals surface area contributed by atoms with Crippen LogP contribution in [0.3, 0.4) is 0 Å². The first-order chi connectivity index (χ1) is 11.6. The first kappa shape index (κ1) is 18.8. The molecule has 2 N–H and O–H groups in total. The maximum atomic E-state index is 12.5. The number of ether oxygens (including phenoxy) is 1. The van der Waals surface area contributed by atoms with E-state index in [1.807, 2.05) is 0 Å². The minimum absolute atomic E-state index is 0.0526. The molecule has 138 valence electrons. The highest BCUT2D eigenvalue weighted by Gasteiger charge is 2.42. The van der Waals surface area contributed by atoms with Crippen LogP contribution in [0.5, 0.6) is 5.88 Å². The van der Waals surface area contributed by atoms with E-state index in [1.165, 1.54) is 17.0 Å². The van der Waals surface area contributed by atoms with E-state index in [-0.39, 0.29) is 25.6 Å². The summed E-state index contributed by atoms with van der Waals surface area (Å²) in [7, 11) is 0. The molecule has 7 nitrogen and oxygen atoms in total. The average molecular weight is 361 g/mol. The van der Waals surface area contributed by atoms with Gasteiger partial charge < -0.3 is 20.1 Å². The van der Waals surface area contributed by atoms with E-state index in [4.69, 9.17) is 9.84 Å². The number of likely N-dealkylation sites (tertiary alicyclic amines) is 1. The van der Waals surface area contributed by atoms with Crippen molar-refractivity contribution < 1.29 is 32.6 Å². The minimum atomic E-state index is -4.56. The average Bonchev–Trinajstić information content (AvgIpc) is 2.95. The third-order valence-corrected chi connectivity index (χ3v) is 3.92. The molecule has 10 heteroatoms. The quantitative estimate of drug-likeness (QED) is 0.783. The molecule has 0 spiro atoms. The number of carbonyl (C=O) groups is 2. The molecule has 1 aliphatic heterocycles. The van der Waals surface area contributed by atoms with Gasteiger partial charge in [-0.15, -0.1) is 0 Å². The van der Waals surface area contributed by atoms with E-state index in [0.717, 1.165) is 6.07 Å². The van der Waals surface area contributed by atoms with Crippen LogP contribution in [0.1, 0.15) is 19.0 Å². The van der Waals surface area contributed by atoms with E-state index in [9.17, 15) is 22.8 Å². The Balaban J connectivity index is 1.77. The molecule has 25 heavy (non-hydrogen) atoms. The summed E-state index contributed by atoms with van der Waals surface area (Å²) in [5, 5.41) is 11.7. The van der Waals surface area contributed by atoms with Gasteiger partial charge in [0.25, 0.3) is 0 Å². The van der Waals surface area contributed by atoms with Gasteiger partial charge in [0.1, 0.15) is 12.3 Å². The highest BCUT2D eigenvalue weighted by molar-refractivity contribution is 5.79. The van der Waals surface area contributed by atoms with Gasteiger partial charge >= 0.3 is 18.2 Å². The molecule has 1 aliphatic rings. The summed E-state index contributed by atoms with van der Waals surface area (Å²) < 4.78 is 42.7. The highest BCUT2D eigenvalue weighted by atomic mass is 19.4. The van der Waals surface area contributed by atoms with Crippen molar-refractivity contribution in [1.82, 2.24) is 15.2 Å². The fraction of sp³-hybridized carbons (Fsp3) is 0.533. The van der Waals surface area contributed by atoms with Crippen molar-refractivity contribution in [1.29, 1.82) is 0 Å². The standard InChI is InChI=1S/C15H18F3N3O4/c1-14(12(22)23)5-7-21(9-14)13(24)19-6-8-25-11-4-2-3-10(20-11)15(16,17)18/h2-4H,5-9H2,1H3,(H,19,24)(H,22,23). The molecule has 1 unspecified atom stereocenters. The Hall–Kier alpha value is -2.52. The van der Waals surface area contributed by atoms with E-state index in [2.05, 4.69) is 10.3 Å². The summed E-state index contributed by atoms with van der Waals surface area (Å²) in [5.41, 5.74) is -2.02. The van der Waals surface area contributed by atoms with Crippen LogP contribution in [0, 0.1) is 5.41 Å². The molecular formula is C15H18F3N3O4. The van der Waals surface area contributed by atoms with Crippen molar-refractivity contribution in [3.05, 3.63) is 23.9 Å². The second kappa shape index (κ2) is 7.16. The number of carboxylic acids is 1. The van der Waals surface area contributed by atoms with Crippen molar-refractivity contribution in [3.63, 3.8) is 0 Å². The summed E-state index contributed by atoms with van der Waals surface area (Å²) >= 11 is 0. The Kier molecular flexibility index (Phi) is 5.39. The maximum absolute atomic E-state index is 12.5. The number of urea groups is 1. The summed E-state index contributed by atoms with van der Waals surface area (Å²) in [6.07, 6.45) is -4.19. The summed E-state index contributed by atoms with van der Waals surface area (Å²) in [4.78, 5) is 27.8. The number of hydrogen-bond acceptors (Lipinski definition) is 4. The molecule has 1 aromatic rings. The first-order valence-electron chi connectivity index (χ1n) is 7.55. The smallest absolute Gasteiger partial charge is 0.433 e. The molecule has 2 amide bonds. The number of nitrogens with one attached hydrogen (secondary N) is 1. The molecule has 2 heterocycles. The molecule has 0 bridgehead atoms. The largest absolute Gasteiger partial charge is 0.481 e. The molecule has 0 radical (unpaired) electrons. The van der Waals surface area contributed by atoms with Crippen LogP contribution in [-0.2, 0) is 11.0 Å². The number of alkyl halides is 3. The molecule has 0 saturated carbocycles. The second-order valence-corrected chi connectivity index (χ2v) is 5.98. The van der Waals surface area contributed by atoms with Gasteiger partial charge in [-0.25, -0.2) is 9.78 Å². The monoisotopic (exact) mass is 361 g/mol. The van der Waals surface area contributed by atoms with E-state index < -0.39 is 29.3 Å². The van der Waals surface area contributed by atoms with Crippen LogP contribution < -0.4 is 10.1 Å². The van der Waals surface area contributed by atoms with Crippen LogP contribution in [0.15, 0.2) is 18.2 Å². The Morgan fingerprint density at radius 3 is 2.76 bits per heavy atom. The van der Waals surface area contributed by atoms with E-state index >= 15 is 0 Å². The molecule has 0 aliphatic carbocycles. The molecule has 2 rings (SSSR count). The lowest BCUT2D eigenvalue weighted by Gasteiger charge is -2.20. The van der Waals surface area contributed by atoms with Crippen LogP contribution in [0.4, 0.5) is 18.0 Å². The number of halogens is 3. The number of aromatic nitrogens is 1. The topological polar surface area (TPSA) is 91.8 Å². The second-order valence-electron chi connectivity index (χ2n) is 5.98. The van der Waals surface area contributed by atoms with Gasteiger partial charge in [-0.05, 0) is 19.4 Å². The zero-order valence-electron chi connectivity index (χ0n) is 13.5. The highest BCUT2D eigenvalue weighted by Crippen LogP contribution is 2.30. The number of rotatable bonds is 5. The third kappa shape index (κ3) is 4.74. The minimum Gasteiger partial charge on any atom is -0.481 e. The molecule has 1 aromatic heterocycles. The van der Waals surface area contributed by atoms with Crippen LogP contribution in [-0.4, -0.2) is 53.2 Å². The predicted octanol–water partition coefficient (Wildman–Crippen LogP) is 1.99. The fourth-order valence-electron chi connectivity index (χ4n) is 2.39. The number of aliphatic carboxylic acids is 1. The van der Waals surface area contributed by atoms with Gasteiger partial charge in [-0.1, -0.05) is 6.07 Å². The zero-order valence-corrected chi connectivity index (χ0v) is 13.5. The van der Waals surface area contributed by atoms with Gasteiger partial charge in [0.05, 0.1) is 12.0 Å². The number of carboxylic acid groups (broad SMARTS) is 1. The number of amides is 2.